The number of anilines is 1. The molecule has 4 nitrogen and oxygen atoms in total. The van der Waals surface area contributed by atoms with Crippen molar-refractivity contribution in [3.63, 3.8) is 0 Å². The smallest absolute Gasteiger partial charge is 0.359 e. The summed E-state index contributed by atoms with van der Waals surface area (Å²) in [6.07, 6.45) is 1.56. The number of rotatable bonds is 3. The number of carbonyl (C=O) groups excluding carboxylic acids is 1. The van der Waals surface area contributed by atoms with Gasteiger partial charge in [-0.25, -0.2) is 9.78 Å². The van der Waals surface area contributed by atoms with E-state index in [-0.39, 0.29) is 5.69 Å². The van der Waals surface area contributed by atoms with Gasteiger partial charge in [-0.05, 0) is 18.6 Å². The quantitative estimate of drug-likeness (QED) is 0.840. The predicted molar refractivity (Wildman–Crippen MR) is 70.0 cm³/mol. The molecule has 0 unspecified atom stereocenters. The molecule has 2 N–H and O–H groups in total. The van der Waals surface area contributed by atoms with Gasteiger partial charge in [0.25, 0.3) is 0 Å². The highest BCUT2D eigenvalue weighted by atomic mass is 16.5. The summed E-state index contributed by atoms with van der Waals surface area (Å²) in [5.41, 5.74) is 8.23. The fourth-order valence-corrected chi connectivity index (χ4v) is 1.70. The Kier molecular flexibility index (Phi) is 3.57. The van der Waals surface area contributed by atoms with Crippen LogP contribution in [0.1, 0.15) is 17.4 Å². The lowest BCUT2D eigenvalue weighted by atomic mass is 10.0. The van der Waals surface area contributed by atoms with Gasteiger partial charge in [-0.15, -0.1) is 0 Å². The summed E-state index contributed by atoms with van der Waals surface area (Å²) >= 11 is 0. The lowest BCUT2D eigenvalue weighted by Crippen LogP contribution is -2.11. The van der Waals surface area contributed by atoms with E-state index in [1.165, 1.54) is 0 Å². The fourth-order valence-electron chi connectivity index (χ4n) is 1.70. The average Bonchev–Trinajstić information content (AvgIpc) is 2.40. The molecule has 18 heavy (non-hydrogen) atoms. The number of aromatic nitrogens is 1. The third-order valence-electron chi connectivity index (χ3n) is 2.54. The Morgan fingerprint density at radius 1 is 1.28 bits per heavy atom. The number of hydrogen-bond donors (Lipinski definition) is 1. The van der Waals surface area contributed by atoms with Crippen LogP contribution in [-0.4, -0.2) is 17.6 Å². The van der Waals surface area contributed by atoms with Crippen LogP contribution in [0.3, 0.4) is 0 Å². The summed E-state index contributed by atoms with van der Waals surface area (Å²) in [6.45, 7) is 2.05. The van der Waals surface area contributed by atoms with E-state index >= 15 is 0 Å². The molecule has 2 aromatic rings. The minimum Gasteiger partial charge on any atom is -0.461 e. The Morgan fingerprint density at radius 3 is 2.67 bits per heavy atom. The summed E-state index contributed by atoms with van der Waals surface area (Å²) in [5.74, 6) is -0.493. The largest absolute Gasteiger partial charge is 0.461 e. The Hall–Kier alpha value is -2.36. The number of benzene rings is 1. The van der Waals surface area contributed by atoms with Crippen LogP contribution in [0.15, 0.2) is 42.6 Å². The molecule has 0 bridgehead atoms. The monoisotopic (exact) mass is 242 g/mol. The second-order valence-electron chi connectivity index (χ2n) is 3.71. The second kappa shape index (κ2) is 5.31. The van der Waals surface area contributed by atoms with Gasteiger partial charge in [0.2, 0.25) is 0 Å². The van der Waals surface area contributed by atoms with Crippen LogP contribution in [0, 0.1) is 0 Å². The number of pyridine rings is 1. The van der Waals surface area contributed by atoms with Gasteiger partial charge in [0.05, 0.1) is 12.3 Å². The molecule has 0 saturated carbocycles. The number of esters is 1. The molecule has 1 heterocycles. The van der Waals surface area contributed by atoms with Crippen LogP contribution >= 0.6 is 0 Å². The summed E-state index contributed by atoms with van der Waals surface area (Å²) in [7, 11) is 0. The Balaban J connectivity index is 2.46. The number of hydrogen-bond acceptors (Lipinski definition) is 4. The average molecular weight is 242 g/mol. The lowest BCUT2D eigenvalue weighted by Gasteiger charge is -2.09. The van der Waals surface area contributed by atoms with Crippen molar-refractivity contribution in [2.24, 2.45) is 0 Å². The maximum atomic E-state index is 11.7. The molecule has 0 amide bonds. The van der Waals surface area contributed by atoms with Crippen molar-refractivity contribution in [2.45, 2.75) is 6.92 Å². The predicted octanol–water partition coefficient (Wildman–Crippen LogP) is 2.51. The first-order valence-electron chi connectivity index (χ1n) is 5.71. The first kappa shape index (κ1) is 12.1. The van der Waals surface area contributed by atoms with Gasteiger partial charge in [-0.2, -0.15) is 0 Å². The van der Waals surface area contributed by atoms with Gasteiger partial charge < -0.3 is 10.5 Å². The van der Waals surface area contributed by atoms with Crippen LogP contribution in [-0.2, 0) is 4.74 Å². The molecule has 92 valence electrons. The molecule has 0 aliphatic rings. The molecule has 1 aromatic carbocycles. The Bertz CT molecular complexity index is 553. The van der Waals surface area contributed by atoms with Crippen molar-refractivity contribution >= 4 is 11.7 Å². The molecule has 0 aliphatic heterocycles. The molecule has 0 fully saturated rings. The topological polar surface area (TPSA) is 65.2 Å². The molecule has 1 aromatic heterocycles. The number of carbonyl (C=O) groups is 1. The molecule has 0 spiro atoms. The maximum Gasteiger partial charge on any atom is 0.359 e. The summed E-state index contributed by atoms with van der Waals surface area (Å²) in [4.78, 5) is 15.7. The SMILES string of the molecule is CCOC(=O)c1nccc(-c2ccccc2)c1N. The number of nitrogens with zero attached hydrogens (tertiary/aromatic N) is 1. The molecule has 0 radical (unpaired) electrons. The number of nitrogen functional groups attached to an aromatic ring is 1. The molecular weight excluding hydrogens is 228 g/mol. The highest BCUT2D eigenvalue weighted by Crippen LogP contribution is 2.27. The van der Waals surface area contributed by atoms with Crippen molar-refractivity contribution in [3.8, 4) is 11.1 Å². The molecule has 4 heteroatoms. The van der Waals surface area contributed by atoms with E-state index in [0.29, 0.717) is 12.3 Å². The Labute approximate surface area is 105 Å². The third-order valence-corrected chi connectivity index (χ3v) is 2.54. The summed E-state index contributed by atoms with van der Waals surface area (Å²) in [5, 5.41) is 0. The fraction of sp³-hybridized carbons (Fsp3) is 0.143. The van der Waals surface area contributed by atoms with E-state index in [2.05, 4.69) is 4.98 Å². The van der Waals surface area contributed by atoms with E-state index in [0.717, 1.165) is 11.1 Å². The van der Waals surface area contributed by atoms with Crippen LogP contribution in [0.4, 0.5) is 5.69 Å². The van der Waals surface area contributed by atoms with Crippen LogP contribution < -0.4 is 5.73 Å². The van der Waals surface area contributed by atoms with Crippen molar-refractivity contribution < 1.29 is 9.53 Å². The standard InChI is InChI=1S/C14H14N2O2/c1-2-18-14(17)13-12(15)11(8-9-16-13)10-6-4-3-5-7-10/h3-9H,2,15H2,1H3. The van der Waals surface area contributed by atoms with Gasteiger partial charge in [-0.1, -0.05) is 30.3 Å². The first-order chi connectivity index (χ1) is 8.74. The third kappa shape index (κ3) is 2.32. The van der Waals surface area contributed by atoms with E-state index in [1.807, 2.05) is 30.3 Å². The number of ether oxygens (including phenoxy) is 1. The zero-order valence-corrected chi connectivity index (χ0v) is 10.1. The second-order valence-corrected chi connectivity index (χ2v) is 3.71. The van der Waals surface area contributed by atoms with Gasteiger partial charge in [0, 0.05) is 11.8 Å². The molecular formula is C14H14N2O2. The van der Waals surface area contributed by atoms with Crippen molar-refractivity contribution in [1.82, 2.24) is 4.98 Å². The first-order valence-corrected chi connectivity index (χ1v) is 5.71. The van der Waals surface area contributed by atoms with E-state index in [9.17, 15) is 4.79 Å². The zero-order chi connectivity index (χ0) is 13.0. The van der Waals surface area contributed by atoms with Crippen LogP contribution in [0.25, 0.3) is 11.1 Å². The normalized spacial score (nSPS) is 10.1. The van der Waals surface area contributed by atoms with Gasteiger partial charge in [-0.3, -0.25) is 0 Å². The molecule has 0 aliphatic carbocycles. The van der Waals surface area contributed by atoms with Gasteiger partial charge in [0.1, 0.15) is 0 Å². The van der Waals surface area contributed by atoms with Crippen molar-refractivity contribution in [3.05, 3.63) is 48.3 Å². The van der Waals surface area contributed by atoms with Gasteiger partial charge in [0.15, 0.2) is 5.69 Å². The minimum absolute atomic E-state index is 0.165. The van der Waals surface area contributed by atoms with Crippen molar-refractivity contribution in [1.29, 1.82) is 0 Å². The highest BCUT2D eigenvalue weighted by molar-refractivity contribution is 5.97. The van der Waals surface area contributed by atoms with Crippen LogP contribution in [0.5, 0.6) is 0 Å². The molecule has 0 saturated heterocycles. The minimum atomic E-state index is -0.493. The summed E-state index contributed by atoms with van der Waals surface area (Å²) < 4.78 is 4.92. The Morgan fingerprint density at radius 2 is 2.00 bits per heavy atom. The molecule has 2 rings (SSSR count). The zero-order valence-electron chi connectivity index (χ0n) is 10.1. The molecule has 0 atom stereocenters. The summed E-state index contributed by atoms with van der Waals surface area (Å²) in [6, 6.07) is 11.4. The van der Waals surface area contributed by atoms with Crippen molar-refractivity contribution in [2.75, 3.05) is 12.3 Å². The van der Waals surface area contributed by atoms with E-state index < -0.39 is 5.97 Å². The number of nitrogens with two attached hydrogens (primary N) is 1. The highest BCUT2D eigenvalue weighted by Gasteiger charge is 2.15. The van der Waals surface area contributed by atoms with E-state index in [1.54, 1.807) is 19.2 Å². The lowest BCUT2D eigenvalue weighted by molar-refractivity contribution is 0.0521. The van der Waals surface area contributed by atoms with Crippen LogP contribution in [0.2, 0.25) is 0 Å². The maximum absolute atomic E-state index is 11.7. The van der Waals surface area contributed by atoms with E-state index in [4.69, 9.17) is 10.5 Å². The van der Waals surface area contributed by atoms with Gasteiger partial charge >= 0.3 is 5.97 Å².